The molecule has 3 heteroatoms. The van der Waals surface area contributed by atoms with Crippen LogP contribution in [0, 0.1) is 6.92 Å². The van der Waals surface area contributed by atoms with Crippen molar-refractivity contribution in [2.24, 2.45) is 0 Å². The molecule has 0 saturated heterocycles. The predicted molar refractivity (Wildman–Crippen MR) is 12.4 cm³/mol. The maximum atomic E-state index is 8.50. The molecule has 0 aromatic rings. The molecule has 0 aromatic carbocycles. The zero-order valence-electron chi connectivity index (χ0n) is 3.02. The van der Waals surface area contributed by atoms with Crippen LogP contribution in [-0.2, 0) is 25.7 Å². The fourth-order valence-electron chi connectivity index (χ4n) is 0. The molecular formula is C2H5O2Ti-. The van der Waals surface area contributed by atoms with E-state index in [2.05, 4.69) is 6.92 Å². The first-order chi connectivity index (χ1) is 2.41. The molecule has 0 bridgehead atoms. The van der Waals surface area contributed by atoms with Gasteiger partial charge in [0.15, 0.2) is 0 Å². The van der Waals surface area contributed by atoms with Crippen molar-refractivity contribution in [2.75, 3.05) is 0 Å². The molecule has 2 nitrogen and oxygen atoms in total. The molecular weight excluding hydrogens is 104 g/mol. The summed E-state index contributed by atoms with van der Waals surface area (Å²) in [6.07, 6.45) is 0. The number of rotatable bonds is 0. The van der Waals surface area contributed by atoms with Crippen molar-refractivity contribution < 1.29 is 25.7 Å². The van der Waals surface area contributed by atoms with Gasteiger partial charge in [-0.3, -0.25) is 0 Å². The van der Waals surface area contributed by atoms with Crippen molar-refractivity contribution in [1.29, 1.82) is 0 Å². The van der Waals surface area contributed by atoms with Crippen molar-refractivity contribution >= 4 is 0 Å². The van der Waals surface area contributed by atoms with Crippen LogP contribution in [0.15, 0.2) is 0 Å². The van der Waals surface area contributed by atoms with E-state index in [0.29, 0.717) is 0 Å². The van der Waals surface area contributed by atoms with E-state index in [1.54, 1.807) is 6.92 Å². The summed E-state index contributed by atoms with van der Waals surface area (Å²) < 4.78 is 17.0. The Morgan fingerprint density at radius 1 is 1.40 bits per heavy atom. The predicted octanol–water partition coefficient (Wildman–Crippen LogP) is 0.600. The third-order valence-corrected chi connectivity index (χ3v) is 0. The molecule has 0 aliphatic heterocycles. The fourth-order valence-corrected chi connectivity index (χ4v) is 0. The molecule has 0 N–H and O–H groups in total. The summed E-state index contributed by atoms with van der Waals surface area (Å²) in [4.78, 5) is 0. The van der Waals surface area contributed by atoms with Gasteiger partial charge in [-0.1, -0.05) is 0 Å². The van der Waals surface area contributed by atoms with Crippen LogP contribution in [0.5, 0.6) is 0 Å². The van der Waals surface area contributed by atoms with Gasteiger partial charge in [-0.15, -0.1) is 0 Å². The Morgan fingerprint density at radius 3 is 1.40 bits per heavy atom. The van der Waals surface area contributed by atoms with Crippen molar-refractivity contribution in [3.63, 3.8) is 0 Å². The molecule has 0 amide bonds. The Labute approximate surface area is 40.1 Å². The summed E-state index contributed by atoms with van der Waals surface area (Å²) in [6.45, 7) is 5.00. The second kappa shape index (κ2) is 27.4. The van der Waals surface area contributed by atoms with Crippen molar-refractivity contribution in [2.45, 2.75) is 6.92 Å². The summed E-state index contributed by atoms with van der Waals surface area (Å²) >= 11 is -2.00. The standard InChI is InChI=1S/C2H5.2O.Ti/c1-2;;;/h1H2,2H3;;;/q-1;;;. The van der Waals surface area contributed by atoms with Crippen LogP contribution in [0.1, 0.15) is 6.92 Å². The van der Waals surface area contributed by atoms with Crippen molar-refractivity contribution in [3.05, 3.63) is 6.92 Å². The molecule has 30 valence electrons. The van der Waals surface area contributed by atoms with Gasteiger partial charge in [0.2, 0.25) is 0 Å². The average Bonchev–Trinajstić information content (AvgIpc) is 1.46. The van der Waals surface area contributed by atoms with Crippen molar-refractivity contribution in [3.8, 4) is 0 Å². The van der Waals surface area contributed by atoms with Crippen LogP contribution in [0.3, 0.4) is 0 Å². The van der Waals surface area contributed by atoms with Gasteiger partial charge >= 0.3 is 25.7 Å². The molecule has 0 unspecified atom stereocenters. The molecule has 0 rings (SSSR count). The zero-order chi connectivity index (χ0) is 4.71. The summed E-state index contributed by atoms with van der Waals surface area (Å²) in [5.41, 5.74) is 0. The first-order valence-corrected chi connectivity index (χ1v) is 2.39. The third-order valence-electron chi connectivity index (χ3n) is 0. The minimum absolute atomic E-state index is 1.75. The van der Waals surface area contributed by atoms with E-state index < -0.39 is 19.1 Å². The van der Waals surface area contributed by atoms with Crippen LogP contribution in [-0.4, -0.2) is 0 Å². The van der Waals surface area contributed by atoms with Crippen LogP contribution >= 0.6 is 0 Å². The molecule has 0 aliphatic rings. The van der Waals surface area contributed by atoms with E-state index in [-0.39, 0.29) is 0 Å². The molecule has 0 aromatic heterocycles. The Bertz CT molecular complexity index is 28.6. The van der Waals surface area contributed by atoms with Gasteiger partial charge in [0.1, 0.15) is 0 Å². The molecule has 0 spiro atoms. The summed E-state index contributed by atoms with van der Waals surface area (Å²) in [6, 6.07) is 0. The second-order valence-electron chi connectivity index (χ2n) is 0.0833. The molecule has 0 heterocycles. The van der Waals surface area contributed by atoms with Gasteiger partial charge < -0.3 is 6.92 Å². The Morgan fingerprint density at radius 2 is 1.40 bits per heavy atom. The Hall–Kier alpha value is 0.314. The molecule has 5 heavy (non-hydrogen) atoms. The molecule has 0 aliphatic carbocycles. The average molecular weight is 109 g/mol. The monoisotopic (exact) mass is 109 g/mol. The van der Waals surface area contributed by atoms with Gasteiger partial charge in [0, 0.05) is 0 Å². The first kappa shape index (κ1) is 9.00. The Balaban J connectivity index is 0. The van der Waals surface area contributed by atoms with Crippen LogP contribution in [0.2, 0.25) is 0 Å². The molecule has 0 saturated carbocycles. The van der Waals surface area contributed by atoms with Gasteiger partial charge in [-0.2, -0.15) is 6.92 Å². The normalized spacial score (nSPS) is 2.80. The number of hydrogen-bond donors (Lipinski definition) is 0. The van der Waals surface area contributed by atoms with Gasteiger partial charge in [-0.05, 0) is 0 Å². The quantitative estimate of drug-likeness (QED) is 0.337. The third kappa shape index (κ3) is 234. The molecule has 0 fully saturated rings. The van der Waals surface area contributed by atoms with Gasteiger partial charge in [-0.25, -0.2) is 0 Å². The van der Waals surface area contributed by atoms with E-state index in [1.165, 1.54) is 0 Å². The SMILES string of the molecule is [CH2-]C.[O]=[Ti]=[O]. The first-order valence-electron chi connectivity index (χ1n) is 1.12. The minimum atomic E-state index is -2.00. The Kier molecular flexibility index (Phi) is 49.4. The van der Waals surface area contributed by atoms with Crippen LogP contribution in [0.25, 0.3) is 0 Å². The van der Waals surface area contributed by atoms with Crippen LogP contribution in [0.4, 0.5) is 0 Å². The van der Waals surface area contributed by atoms with E-state index in [9.17, 15) is 0 Å². The number of hydrogen-bond acceptors (Lipinski definition) is 2. The second-order valence-corrected chi connectivity index (χ2v) is 0.344. The molecule has 0 atom stereocenters. The van der Waals surface area contributed by atoms with E-state index in [4.69, 9.17) is 6.65 Å². The maximum absolute atomic E-state index is 8.50. The van der Waals surface area contributed by atoms with Crippen LogP contribution < -0.4 is 0 Å². The van der Waals surface area contributed by atoms with Gasteiger partial charge in [0.25, 0.3) is 0 Å². The topological polar surface area (TPSA) is 34.1 Å². The van der Waals surface area contributed by atoms with Crippen molar-refractivity contribution in [1.82, 2.24) is 0 Å². The molecule has 0 radical (unpaired) electrons. The van der Waals surface area contributed by atoms with E-state index >= 15 is 0 Å². The summed E-state index contributed by atoms with van der Waals surface area (Å²) in [7, 11) is 0. The van der Waals surface area contributed by atoms with Gasteiger partial charge in [0.05, 0.1) is 0 Å². The fraction of sp³-hybridized carbons (Fsp3) is 0.500. The van der Waals surface area contributed by atoms with E-state index in [0.717, 1.165) is 0 Å². The summed E-state index contributed by atoms with van der Waals surface area (Å²) in [5, 5.41) is 0. The van der Waals surface area contributed by atoms with E-state index in [1.807, 2.05) is 0 Å². The summed E-state index contributed by atoms with van der Waals surface area (Å²) in [5.74, 6) is 0. The zero-order valence-corrected chi connectivity index (χ0v) is 4.59.